The molecule has 158 valence electrons. The van der Waals surface area contributed by atoms with Crippen LogP contribution < -0.4 is 0 Å². The number of hydrogen-bond acceptors (Lipinski definition) is 3. The minimum absolute atomic E-state index is 0.361. The highest BCUT2D eigenvalue weighted by Gasteiger charge is 2.51. The van der Waals surface area contributed by atoms with Gasteiger partial charge in [0.05, 0.1) is 5.71 Å². The van der Waals surface area contributed by atoms with Gasteiger partial charge in [0.25, 0.3) is 0 Å². The molecule has 2 aliphatic carbocycles. The van der Waals surface area contributed by atoms with Gasteiger partial charge in [-0.05, 0) is 88.4 Å². The van der Waals surface area contributed by atoms with Crippen molar-refractivity contribution >= 4 is 11.7 Å². The van der Waals surface area contributed by atoms with Crippen LogP contribution in [0.3, 0.4) is 0 Å². The molecule has 3 nitrogen and oxygen atoms in total. The topological polar surface area (TPSA) is 38.7 Å². The molecular formula is C25H41NO2. The summed E-state index contributed by atoms with van der Waals surface area (Å²) in [5, 5.41) is 3.85. The third-order valence-corrected chi connectivity index (χ3v) is 7.45. The summed E-state index contributed by atoms with van der Waals surface area (Å²) in [5.41, 5.74) is 4.87. The van der Waals surface area contributed by atoms with E-state index < -0.39 is 0 Å². The lowest BCUT2D eigenvalue weighted by Crippen LogP contribution is -2.48. The predicted octanol–water partition coefficient (Wildman–Crippen LogP) is 7.23. The van der Waals surface area contributed by atoms with E-state index in [9.17, 15) is 4.79 Å². The van der Waals surface area contributed by atoms with Crippen LogP contribution in [0.25, 0.3) is 0 Å². The molecule has 0 aromatic carbocycles. The Balaban J connectivity index is 1.95. The first-order valence-electron chi connectivity index (χ1n) is 11.1. The van der Waals surface area contributed by atoms with Gasteiger partial charge in [-0.2, -0.15) is 0 Å². The van der Waals surface area contributed by atoms with Crippen molar-refractivity contribution in [2.45, 2.75) is 99.8 Å². The van der Waals surface area contributed by atoms with Crippen LogP contribution in [-0.4, -0.2) is 11.7 Å². The molecule has 2 aliphatic rings. The Hall–Kier alpha value is -1.38. The summed E-state index contributed by atoms with van der Waals surface area (Å²) in [6.45, 7) is 15.5. The third kappa shape index (κ3) is 5.58. The molecule has 1 saturated carbocycles. The Morgan fingerprint density at radius 2 is 1.93 bits per heavy atom. The molecule has 1 fully saturated rings. The molecule has 2 unspecified atom stereocenters. The molecule has 0 bridgehead atoms. The van der Waals surface area contributed by atoms with Crippen LogP contribution in [0.1, 0.15) is 99.8 Å². The second-order valence-corrected chi connectivity index (χ2v) is 10.2. The summed E-state index contributed by atoms with van der Waals surface area (Å²) in [6.07, 6.45) is 14.5. The van der Waals surface area contributed by atoms with E-state index in [2.05, 4.69) is 51.9 Å². The van der Waals surface area contributed by atoms with E-state index in [4.69, 9.17) is 4.84 Å². The summed E-state index contributed by atoms with van der Waals surface area (Å²) >= 11 is 0. The molecule has 0 aliphatic heterocycles. The second kappa shape index (κ2) is 9.41. The Labute approximate surface area is 172 Å². The molecule has 28 heavy (non-hydrogen) atoms. The van der Waals surface area contributed by atoms with E-state index in [1.807, 2.05) is 6.92 Å². The molecule has 0 aromatic rings. The first-order valence-corrected chi connectivity index (χ1v) is 11.1. The van der Waals surface area contributed by atoms with Gasteiger partial charge in [0.15, 0.2) is 0 Å². The van der Waals surface area contributed by atoms with Crippen LogP contribution in [-0.2, 0) is 9.63 Å². The Bertz CT molecular complexity index is 655. The van der Waals surface area contributed by atoms with Crippen molar-refractivity contribution < 1.29 is 9.63 Å². The molecule has 0 N–H and O–H groups in total. The van der Waals surface area contributed by atoms with Crippen LogP contribution in [0, 0.1) is 22.7 Å². The molecule has 0 aromatic heterocycles. The molecule has 0 amide bonds. The fourth-order valence-electron chi connectivity index (χ4n) is 5.88. The zero-order valence-corrected chi connectivity index (χ0v) is 19.2. The van der Waals surface area contributed by atoms with Crippen molar-refractivity contribution in [3.63, 3.8) is 0 Å². The number of allylic oxidation sites excluding steroid dienone is 4. The maximum Gasteiger partial charge on any atom is 0.331 e. The molecular weight excluding hydrogens is 346 g/mol. The second-order valence-electron chi connectivity index (χ2n) is 10.2. The van der Waals surface area contributed by atoms with Gasteiger partial charge in [-0.25, -0.2) is 4.79 Å². The van der Waals surface area contributed by atoms with Gasteiger partial charge < -0.3 is 4.84 Å². The van der Waals surface area contributed by atoms with Crippen molar-refractivity contribution in [3.8, 4) is 0 Å². The van der Waals surface area contributed by atoms with Crippen molar-refractivity contribution in [1.29, 1.82) is 0 Å². The van der Waals surface area contributed by atoms with Crippen molar-refractivity contribution in [3.05, 3.63) is 23.3 Å². The summed E-state index contributed by atoms with van der Waals surface area (Å²) in [7, 11) is 0. The van der Waals surface area contributed by atoms with Gasteiger partial charge in [0.2, 0.25) is 0 Å². The zero-order chi connectivity index (χ0) is 20.9. The van der Waals surface area contributed by atoms with Crippen LogP contribution in [0.15, 0.2) is 28.5 Å². The molecule has 2 rings (SSSR count). The Kier molecular flexibility index (Phi) is 7.70. The first kappa shape index (κ1) is 22.9. The highest BCUT2D eigenvalue weighted by molar-refractivity contribution is 5.82. The molecule has 0 radical (unpaired) electrons. The number of oxime groups is 1. The van der Waals surface area contributed by atoms with Gasteiger partial charge in [-0.15, -0.1) is 0 Å². The number of fused-ring (bicyclic) bond motifs is 1. The van der Waals surface area contributed by atoms with Gasteiger partial charge in [-0.3, -0.25) is 0 Å². The van der Waals surface area contributed by atoms with E-state index >= 15 is 0 Å². The van der Waals surface area contributed by atoms with E-state index in [1.54, 1.807) is 5.57 Å². The van der Waals surface area contributed by atoms with Crippen LogP contribution in [0.4, 0.5) is 0 Å². The van der Waals surface area contributed by atoms with E-state index in [0.717, 1.165) is 24.5 Å². The lowest BCUT2D eigenvalue weighted by atomic mass is 9.48. The largest absolute Gasteiger partial charge is 0.331 e. The van der Waals surface area contributed by atoms with Gasteiger partial charge in [0.1, 0.15) is 0 Å². The molecule has 3 atom stereocenters. The third-order valence-electron chi connectivity index (χ3n) is 7.45. The average Bonchev–Trinajstić information content (AvgIpc) is 2.58. The van der Waals surface area contributed by atoms with E-state index in [0.29, 0.717) is 16.7 Å². The van der Waals surface area contributed by atoms with Crippen LogP contribution in [0.2, 0.25) is 0 Å². The number of carbonyl (C=O) groups is 1. The van der Waals surface area contributed by atoms with Crippen LogP contribution in [0.5, 0.6) is 0 Å². The van der Waals surface area contributed by atoms with Crippen molar-refractivity contribution in [2.24, 2.45) is 27.8 Å². The molecule has 0 spiro atoms. The standard InChI is InChI=1S/C25H41NO2/c1-18(10-8-11-20(3)26-28-21(4)27)12-14-22-19(2)13-15-23-24(5,6)16-9-17-25(22,23)7/h10,13,22-23H,8-9,11-12,14-17H2,1-7H3/t22?,23?,25-/m0/s1. The van der Waals surface area contributed by atoms with E-state index in [1.165, 1.54) is 51.0 Å². The highest BCUT2D eigenvalue weighted by atomic mass is 16.7. The summed E-state index contributed by atoms with van der Waals surface area (Å²) in [5.74, 6) is 1.16. The Morgan fingerprint density at radius 3 is 2.61 bits per heavy atom. The fraction of sp³-hybridized carbons (Fsp3) is 0.760. The number of rotatable bonds is 7. The normalized spacial score (nSPS) is 30.5. The highest BCUT2D eigenvalue weighted by Crippen LogP contribution is 2.60. The smallest absolute Gasteiger partial charge is 0.319 e. The summed E-state index contributed by atoms with van der Waals surface area (Å²) in [4.78, 5) is 15.5. The van der Waals surface area contributed by atoms with Gasteiger partial charge in [-0.1, -0.05) is 55.6 Å². The lowest BCUT2D eigenvalue weighted by molar-refractivity contribution is -0.140. The maximum atomic E-state index is 10.8. The number of carbonyl (C=O) groups excluding carboxylic acids is 1. The molecule has 0 saturated heterocycles. The van der Waals surface area contributed by atoms with Gasteiger partial charge >= 0.3 is 5.97 Å². The lowest BCUT2D eigenvalue weighted by Gasteiger charge is -2.57. The zero-order valence-electron chi connectivity index (χ0n) is 19.2. The monoisotopic (exact) mass is 387 g/mol. The molecule has 0 heterocycles. The quantitative estimate of drug-likeness (QED) is 0.200. The Morgan fingerprint density at radius 1 is 1.21 bits per heavy atom. The average molecular weight is 388 g/mol. The minimum Gasteiger partial charge on any atom is -0.319 e. The van der Waals surface area contributed by atoms with Gasteiger partial charge in [0, 0.05) is 6.92 Å². The number of hydrogen-bond donors (Lipinski definition) is 0. The van der Waals surface area contributed by atoms with Crippen molar-refractivity contribution in [2.75, 3.05) is 0 Å². The molecule has 3 heteroatoms. The van der Waals surface area contributed by atoms with E-state index in [-0.39, 0.29) is 5.97 Å². The number of nitrogens with zero attached hydrogens (tertiary/aromatic N) is 1. The first-order chi connectivity index (χ1) is 13.1. The summed E-state index contributed by atoms with van der Waals surface area (Å²) in [6, 6.07) is 0. The maximum absolute atomic E-state index is 10.8. The minimum atomic E-state index is -0.361. The fourth-order valence-corrected chi connectivity index (χ4v) is 5.88. The van der Waals surface area contributed by atoms with Crippen LogP contribution >= 0.6 is 0 Å². The predicted molar refractivity (Wildman–Crippen MR) is 118 cm³/mol. The summed E-state index contributed by atoms with van der Waals surface area (Å²) < 4.78 is 0. The van der Waals surface area contributed by atoms with Crippen molar-refractivity contribution in [1.82, 2.24) is 0 Å². The SMILES string of the molecule is CC(=O)ON=C(C)CCC=C(C)CCC1C(C)=CCC2C(C)(C)CCC[C@@]12C.